The molecule has 0 aliphatic carbocycles. The number of hydrogen-bond acceptors (Lipinski definition) is 6. The van der Waals surface area contributed by atoms with Crippen LogP contribution in [0.3, 0.4) is 0 Å². The average molecular weight is 365 g/mol. The average Bonchev–Trinajstić information content (AvgIpc) is 2.49. The van der Waals surface area contributed by atoms with Gasteiger partial charge in [-0.1, -0.05) is 31.4 Å². The molecule has 1 saturated heterocycles. The summed E-state index contributed by atoms with van der Waals surface area (Å²) in [5.41, 5.74) is 8.98. The molecule has 1 heterocycles. The van der Waals surface area contributed by atoms with Crippen molar-refractivity contribution in [1.82, 2.24) is 0 Å². The Morgan fingerprint density at radius 1 is 0.923 bits per heavy atom. The molecular weight excluding hydrogens is 338 g/mol. The molecule has 0 radical (unpaired) electrons. The number of nitrogens with zero attached hydrogens (tertiary/aromatic N) is 3. The molecule has 0 saturated carbocycles. The van der Waals surface area contributed by atoms with Gasteiger partial charge in [-0.25, -0.2) is 0 Å². The molecule has 1 aliphatic heterocycles. The third-order valence-electron chi connectivity index (χ3n) is 3.29. The minimum absolute atomic E-state index is 0.141. The zero-order valence-corrected chi connectivity index (χ0v) is 15.8. The van der Waals surface area contributed by atoms with Gasteiger partial charge in [-0.15, -0.1) is 0 Å². The van der Waals surface area contributed by atoms with Gasteiger partial charge in [-0.3, -0.25) is 0 Å². The van der Waals surface area contributed by atoms with E-state index >= 15 is 0 Å². The molecule has 1 rings (SSSR count). The predicted octanol–water partition coefficient (Wildman–Crippen LogP) is 4.33. The number of ether oxygens (including phenoxy) is 5. The Bertz CT molecular complexity index is 612. The third kappa shape index (κ3) is 6.38. The van der Waals surface area contributed by atoms with Crippen LogP contribution in [0.1, 0.15) is 27.7 Å². The Balaban J connectivity index is 3.28. The lowest BCUT2D eigenvalue weighted by atomic mass is 9.96. The van der Waals surface area contributed by atoms with Crippen molar-refractivity contribution in [3.63, 3.8) is 0 Å². The Kier molecular flexibility index (Phi) is 8.09. The van der Waals surface area contributed by atoms with Crippen molar-refractivity contribution in [2.45, 2.75) is 58.3 Å². The van der Waals surface area contributed by atoms with Crippen LogP contribution in [0.25, 0.3) is 10.4 Å². The van der Waals surface area contributed by atoms with E-state index in [1.807, 2.05) is 0 Å². The maximum atomic E-state index is 8.98. The number of allylic oxidation sites excluding steroid dienone is 4. The quantitative estimate of drug-likeness (QED) is 0.248. The van der Waals surface area contributed by atoms with Crippen LogP contribution in [-0.2, 0) is 23.7 Å². The van der Waals surface area contributed by atoms with Crippen molar-refractivity contribution in [3.05, 3.63) is 59.8 Å². The highest BCUT2D eigenvalue weighted by atomic mass is 16.7. The normalized spacial score (nSPS) is 27.5. The molecular formula is C18H27N3O5. The fraction of sp³-hybridized carbons (Fsp3) is 0.556. The highest BCUT2D eigenvalue weighted by molar-refractivity contribution is 5.01. The van der Waals surface area contributed by atoms with Gasteiger partial charge in [0.25, 0.3) is 0 Å². The van der Waals surface area contributed by atoms with E-state index in [0.717, 1.165) is 0 Å². The van der Waals surface area contributed by atoms with Gasteiger partial charge in [-0.05, 0) is 33.2 Å². The number of azide groups is 1. The molecule has 0 aromatic heterocycles. The molecule has 8 heteroatoms. The molecule has 1 aliphatic rings. The summed E-state index contributed by atoms with van der Waals surface area (Å²) < 4.78 is 28.7. The van der Waals surface area contributed by atoms with Crippen LogP contribution < -0.4 is 0 Å². The number of rotatable bonds is 10. The van der Waals surface area contributed by atoms with Crippen LogP contribution in [-0.4, -0.2) is 37.3 Å². The Morgan fingerprint density at radius 2 is 1.46 bits per heavy atom. The molecule has 8 nitrogen and oxygen atoms in total. The van der Waals surface area contributed by atoms with Crippen LogP contribution in [0.15, 0.2) is 54.5 Å². The van der Waals surface area contributed by atoms with Crippen LogP contribution in [0.5, 0.6) is 0 Å². The van der Waals surface area contributed by atoms with Crippen LogP contribution in [0.4, 0.5) is 0 Å². The van der Waals surface area contributed by atoms with E-state index in [9.17, 15) is 0 Å². The van der Waals surface area contributed by atoms with Gasteiger partial charge in [0.05, 0.1) is 23.0 Å². The minimum atomic E-state index is -0.920. The summed E-state index contributed by atoms with van der Waals surface area (Å²) in [6.07, 6.45) is -2.90. The van der Waals surface area contributed by atoms with E-state index in [-0.39, 0.29) is 6.61 Å². The summed E-state index contributed by atoms with van der Waals surface area (Å²) in [4.78, 5) is 2.89. The van der Waals surface area contributed by atoms with Gasteiger partial charge in [-0.2, -0.15) is 0 Å². The smallest absolute Gasteiger partial charge is 0.212 e. The second kappa shape index (κ2) is 9.79. The zero-order valence-electron chi connectivity index (χ0n) is 15.8. The molecule has 144 valence electrons. The van der Waals surface area contributed by atoms with E-state index in [1.165, 1.54) is 0 Å². The maximum absolute atomic E-state index is 8.98. The zero-order chi connectivity index (χ0) is 19.9. The summed E-state index contributed by atoms with van der Waals surface area (Å²) in [6.45, 7) is 21.9. The monoisotopic (exact) mass is 365 g/mol. The molecule has 26 heavy (non-hydrogen) atoms. The van der Waals surface area contributed by atoms with Gasteiger partial charge >= 0.3 is 0 Å². The molecule has 0 N–H and O–H groups in total. The molecule has 1 fully saturated rings. The highest BCUT2D eigenvalue weighted by Gasteiger charge is 2.50. The molecule has 0 unspecified atom stereocenters. The summed E-state index contributed by atoms with van der Waals surface area (Å²) in [5, 5.41) is 3.80. The lowest BCUT2D eigenvalue weighted by Gasteiger charge is -2.44. The van der Waals surface area contributed by atoms with Crippen LogP contribution in [0.2, 0.25) is 0 Å². The van der Waals surface area contributed by atoms with Gasteiger partial charge in [0.1, 0.15) is 18.8 Å². The second-order valence-electron chi connectivity index (χ2n) is 6.14. The first kappa shape index (κ1) is 21.5. The standard InChI is InChI=1S/C18H27N3O5/c1-10(2)22-9-14-16(23-11(3)4)17(24-12(5)6)15(20-21-19)18(26-14)25-13(7)8/h14-18H,1,3,5,7,9H2,2,4,6,8H3/t14-,15-,16-,17-,18+/m1/s1. The molecule has 0 aromatic rings. The molecule has 5 atom stereocenters. The van der Waals surface area contributed by atoms with Crippen LogP contribution in [0, 0.1) is 0 Å². The largest absolute Gasteiger partial charge is 0.496 e. The Hall–Kier alpha value is -2.57. The lowest BCUT2D eigenvalue weighted by Crippen LogP contribution is -2.60. The summed E-state index contributed by atoms with van der Waals surface area (Å²) in [6, 6.07) is -0.834. The molecule has 0 bridgehead atoms. The van der Waals surface area contributed by atoms with E-state index in [2.05, 4.69) is 36.3 Å². The molecule has 0 amide bonds. The van der Waals surface area contributed by atoms with E-state index in [1.54, 1.807) is 27.7 Å². The fourth-order valence-corrected chi connectivity index (χ4v) is 2.47. The highest BCUT2D eigenvalue weighted by Crippen LogP contribution is 2.32. The Labute approximate surface area is 154 Å². The van der Waals surface area contributed by atoms with Gasteiger partial charge in [0, 0.05) is 4.91 Å². The SMILES string of the molecule is C=C(C)OC[C@H]1O[C@H](OC(=C)C)[C@H](N=[N+]=[N-])[C@@H](OC(=C)C)[C@@H]1OC(=C)C. The summed E-state index contributed by atoms with van der Waals surface area (Å²) in [7, 11) is 0. The van der Waals surface area contributed by atoms with Crippen molar-refractivity contribution >= 4 is 0 Å². The summed E-state index contributed by atoms with van der Waals surface area (Å²) in [5.74, 6) is 1.81. The van der Waals surface area contributed by atoms with E-state index in [4.69, 9.17) is 29.2 Å². The first-order valence-electron chi connectivity index (χ1n) is 8.10. The van der Waals surface area contributed by atoms with Gasteiger partial charge in [0.15, 0.2) is 12.2 Å². The van der Waals surface area contributed by atoms with E-state index < -0.39 is 30.6 Å². The third-order valence-corrected chi connectivity index (χ3v) is 3.29. The van der Waals surface area contributed by atoms with Crippen molar-refractivity contribution in [2.24, 2.45) is 5.11 Å². The predicted molar refractivity (Wildman–Crippen MR) is 97.6 cm³/mol. The van der Waals surface area contributed by atoms with Crippen molar-refractivity contribution in [3.8, 4) is 0 Å². The topological polar surface area (TPSA) is 94.9 Å². The second-order valence-corrected chi connectivity index (χ2v) is 6.14. The van der Waals surface area contributed by atoms with Crippen molar-refractivity contribution < 1.29 is 23.7 Å². The fourth-order valence-electron chi connectivity index (χ4n) is 2.47. The maximum Gasteiger partial charge on any atom is 0.212 e. The van der Waals surface area contributed by atoms with Crippen LogP contribution >= 0.6 is 0 Å². The first-order valence-corrected chi connectivity index (χ1v) is 8.10. The van der Waals surface area contributed by atoms with Crippen molar-refractivity contribution in [2.75, 3.05) is 6.61 Å². The van der Waals surface area contributed by atoms with Gasteiger partial charge < -0.3 is 23.7 Å². The van der Waals surface area contributed by atoms with E-state index in [0.29, 0.717) is 23.0 Å². The Morgan fingerprint density at radius 3 is 1.92 bits per heavy atom. The summed E-state index contributed by atoms with van der Waals surface area (Å²) >= 11 is 0. The minimum Gasteiger partial charge on any atom is -0.496 e. The lowest BCUT2D eigenvalue weighted by molar-refractivity contribution is -0.260. The molecule has 0 spiro atoms. The number of hydrogen-bond donors (Lipinski definition) is 0. The van der Waals surface area contributed by atoms with Gasteiger partial charge in [0.2, 0.25) is 6.29 Å². The van der Waals surface area contributed by atoms with Crippen molar-refractivity contribution in [1.29, 1.82) is 0 Å². The molecule has 0 aromatic carbocycles. The first-order chi connectivity index (χ1) is 12.1.